The van der Waals surface area contributed by atoms with E-state index in [0.717, 1.165) is 24.2 Å². The zero-order chi connectivity index (χ0) is 22.5. The van der Waals surface area contributed by atoms with Gasteiger partial charge in [-0.05, 0) is 43.4 Å². The van der Waals surface area contributed by atoms with Gasteiger partial charge in [0.2, 0.25) is 11.8 Å². The zero-order valence-electron chi connectivity index (χ0n) is 17.0. The molecule has 3 atom stereocenters. The van der Waals surface area contributed by atoms with Crippen LogP contribution in [0.1, 0.15) is 34.5 Å². The molecule has 166 valence electrons. The summed E-state index contributed by atoms with van der Waals surface area (Å²) in [6, 6.07) is 3.75. The van der Waals surface area contributed by atoms with Gasteiger partial charge in [-0.3, -0.25) is 4.79 Å². The molecule has 1 aliphatic carbocycles. The number of fused-ring (bicyclic) bond motifs is 2. The zero-order valence-corrected chi connectivity index (χ0v) is 17.0. The lowest BCUT2D eigenvalue weighted by atomic mass is 10.1. The number of pyridine rings is 2. The van der Waals surface area contributed by atoms with Crippen LogP contribution in [-0.4, -0.2) is 44.4 Å². The normalized spacial score (nSPS) is 22.4. The number of nitrogens with zero attached hydrogens (tertiary/aromatic N) is 4. The molecule has 0 radical (unpaired) electrons. The van der Waals surface area contributed by atoms with E-state index < -0.39 is 11.7 Å². The lowest BCUT2D eigenvalue weighted by Gasteiger charge is -2.33. The Morgan fingerprint density at radius 3 is 2.69 bits per heavy atom. The summed E-state index contributed by atoms with van der Waals surface area (Å²) in [6.45, 7) is 2.44. The number of hydrogen-bond donors (Lipinski definition) is 0. The van der Waals surface area contributed by atoms with Crippen LogP contribution >= 0.6 is 0 Å². The number of oxazole rings is 1. The van der Waals surface area contributed by atoms with Gasteiger partial charge in [-0.15, -0.1) is 0 Å². The number of aromatic nitrogens is 3. The standard InChI is InChI=1S/C22H19F3N4O3/c1-12-6-15(20-26-4-5-31-20)19(28-9-12)21(30)29-11-13-7-16(29)17(8-13)32-18-3-2-14(10-27-18)22(23,24)25/h2-6,9-10,13,16-17H,7-8,11H2,1H3. The number of alkyl halides is 3. The summed E-state index contributed by atoms with van der Waals surface area (Å²) in [4.78, 5) is 27.4. The van der Waals surface area contributed by atoms with Crippen LogP contribution in [0.4, 0.5) is 13.2 Å². The molecule has 1 amide bonds. The number of carbonyl (C=O) groups excluding carboxylic acids is 1. The number of hydrogen-bond acceptors (Lipinski definition) is 6. The highest BCUT2D eigenvalue weighted by Crippen LogP contribution is 2.41. The van der Waals surface area contributed by atoms with E-state index in [0.29, 0.717) is 24.4 Å². The Morgan fingerprint density at radius 2 is 2.03 bits per heavy atom. The highest BCUT2D eigenvalue weighted by atomic mass is 19.4. The van der Waals surface area contributed by atoms with E-state index in [9.17, 15) is 18.0 Å². The molecular weight excluding hydrogens is 425 g/mol. The first-order valence-corrected chi connectivity index (χ1v) is 10.2. The number of halogens is 3. The van der Waals surface area contributed by atoms with Crippen molar-refractivity contribution < 1.29 is 27.1 Å². The number of amides is 1. The van der Waals surface area contributed by atoms with Crippen LogP contribution in [0, 0.1) is 12.8 Å². The van der Waals surface area contributed by atoms with Gasteiger partial charge in [-0.25, -0.2) is 15.0 Å². The second-order valence-corrected chi connectivity index (χ2v) is 8.15. The SMILES string of the molecule is Cc1cnc(C(=O)N2CC3CC(Oc4ccc(C(F)(F)F)cn4)C2C3)c(-c2ncco2)c1. The van der Waals surface area contributed by atoms with Crippen molar-refractivity contribution in [3.8, 4) is 17.3 Å². The lowest BCUT2D eigenvalue weighted by Crippen LogP contribution is -2.47. The molecule has 7 nitrogen and oxygen atoms in total. The quantitative estimate of drug-likeness (QED) is 0.602. The van der Waals surface area contributed by atoms with E-state index in [4.69, 9.17) is 9.15 Å². The molecule has 5 rings (SSSR count). The van der Waals surface area contributed by atoms with Crippen LogP contribution in [0.2, 0.25) is 0 Å². The third-order valence-corrected chi connectivity index (χ3v) is 5.91. The average Bonchev–Trinajstić information content (AvgIpc) is 3.50. The number of carbonyl (C=O) groups is 1. The Morgan fingerprint density at radius 1 is 1.19 bits per heavy atom. The van der Waals surface area contributed by atoms with Crippen molar-refractivity contribution in [2.45, 2.75) is 38.1 Å². The van der Waals surface area contributed by atoms with Gasteiger partial charge in [0.05, 0.1) is 23.4 Å². The molecule has 0 N–H and O–H groups in total. The molecular formula is C22H19F3N4O3. The van der Waals surface area contributed by atoms with Gasteiger partial charge in [0.25, 0.3) is 5.91 Å². The molecule has 3 aromatic rings. The Balaban J connectivity index is 1.36. The Hall–Kier alpha value is -3.43. The van der Waals surface area contributed by atoms with Crippen LogP contribution in [0.15, 0.2) is 47.5 Å². The van der Waals surface area contributed by atoms with Crippen molar-refractivity contribution in [3.63, 3.8) is 0 Å². The Bertz CT molecular complexity index is 1130. The summed E-state index contributed by atoms with van der Waals surface area (Å²) in [7, 11) is 0. The van der Waals surface area contributed by atoms with Crippen molar-refractivity contribution >= 4 is 5.91 Å². The maximum absolute atomic E-state index is 13.4. The fourth-order valence-corrected chi connectivity index (χ4v) is 4.49. The fraction of sp³-hybridized carbons (Fsp3) is 0.364. The molecule has 1 saturated heterocycles. The topological polar surface area (TPSA) is 81.4 Å². The van der Waals surface area contributed by atoms with Crippen molar-refractivity contribution in [2.75, 3.05) is 6.54 Å². The minimum Gasteiger partial charge on any atom is -0.472 e. The predicted molar refractivity (Wildman–Crippen MR) is 106 cm³/mol. The first-order valence-electron chi connectivity index (χ1n) is 10.2. The second kappa shape index (κ2) is 7.61. The van der Waals surface area contributed by atoms with E-state index >= 15 is 0 Å². The molecule has 10 heteroatoms. The van der Waals surface area contributed by atoms with E-state index in [2.05, 4.69) is 15.0 Å². The first kappa shape index (κ1) is 20.5. The molecule has 2 fully saturated rings. The molecule has 3 aromatic heterocycles. The van der Waals surface area contributed by atoms with Gasteiger partial charge in [-0.2, -0.15) is 13.2 Å². The van der Waals surface area contributed by atoms with E-state index in [-0.39, 0.29) is 35.5 Å². The van der Waals surface area contributed by atoms with Crippen LogP contribution in [0.25, 0.3) is 11.5 Å². The minimum atomic E-state index is -4.46. The third-order valence-electron chi connectivity index (χ3n) is 5.91. The van der Waals surface area contributed by atoms with Gasteiger partial charge in [0.1, 0.15) is 18.1 Å². The number of ether oxygens (including phenoxy) is 1. The predicted octanol–water partition coefficient (Wildman–Crippen LogP) is 4.14. The van der Waals surface area contributed by atoms with E-state index in [1.54, 1.807) is 17.2 Å². The molecule has 0 aromatic carbocycles. The maximum atomic E-state index is 13.4. The lowest BCUT2D eigenvalue weighted by molar-refractivity contribution is -0.137. The van der Waals surface area contributed by atoms with Crippen LogP contribution in [-0.2, 0) is 6.18 Å². The highest BCUT2D eigenvalue weighted by Gasteiger charge is 2.49. The summed E-state index contributed by atoms with van der Waals surface area (Å²) in [5.41, 5.74) is 0.799. The summed E-state index contributed by atoms with van der Waals surface area (Å²) < 4.78 is 49.6. The average molecular weight is 444 g/mol. The van der Waals surface area contributed by atoms with Crippen molar-refractivity contribution in [1.82, 2.24) is 19.9 Å². The summed E-state index contributed by atoms with van der Waals surface area (Å²) >= 11 is 0. The molecule has 32 heavy (non-hydrogen) atoms. The van der Waals surface area contributed by atoms with Crippen LogP contribution < -0.4 is 4.74 Å². The number of piperidine rings is 1. The number of likely N-dealkylation sites (tertiary alicyclic amines) is 1. The summed E-state index contributed by atoms with van der Waals surface area (Å²) in [6.07, 6.45) is 1.98. The number of rotatable bonds is 4. The van der Waals surface area contributed by atoms with Gasteiger partial charge in [-0.1, -0.05) is 0 Å². The van der Waals surface area contributed by atoms with Gasteiger partial charge in [0.15, 0.2) is 0 Å². The molecule has 4 heterocycles. The molecule has 0 spiro atoms. The Labute approximate surface area is 181 Å². The minimum absolute atomic E-state index is 0.108. The molecule has 1 saturated carbocycles. The molecule has 3 unspecified atom stereocenters. The monoisotopic (exact) mass is 444 g/mol. The number of aryl methyl sites for hydroxylation is 1. The first-order chi connectivity index (χ1) is 15.3. The fourth-order valence-electron chi connectivity index (χ4n) is 4.49. The van der Waals surface area contributed by atoms with Gasteiger partial charge >= 0.3 is 6.18 Å². The molecule has 2 aliphatic rings. The summed E-state index contributed by atoms with van der Waals surface area (Å²) in [5, 5.41) is 0. The highest BCUT2D eigenvalue weighted by molar-refractivity contribution is 5.98. The maximum Gasteiger partial charge on any atom is 0.417 e. The van der Waals surface area contributed by atoms with Gasteiger partial charge in [0, 0.05) is 25.0 Å². The van der Waals surface area contributed by atoms with Gasteiger partial charge < -0.3 is 14.1 Å². The van der Waals surface area contributed by atoms with E-state index in [1.807, 2.05) is 6.92 Å². The van der Waals surface area contributed by atoms with Crippen LogP contribution in [0.3, 0.4) is 0 Å². The van der Waals surface area contributed by atoms with Crippen molar-refractivity contribution in [1.29, 1.82) is 0 Å². The van der Waals surface area contributed by atoms with Crippen molar-refractivity contribution in [3.05, 3.63) is 59.9 Å². The third kappa shape index (κ3) is 3.69. The molecule has 1 aliphatic heterocycles. The van der Waals surface area contributed by atoms with E-state index in [1.165, 1.54) is 18.5 Å². The second-order valence-electron chi connectivity index (χ2n) is 8.15. The Kier molecular flexibility index (Phi) is 4.87. The van der Waals surface area contributed by atoms with Crippen molar-refractivity contribution in [2.24, 2.45) is 5.92 Å². The summed E-state index contributed by atoms with van der Waals surface area (Å²) in [5.74, 6) is 0.422. The smallest absolute Gasteiger partial charge is 0.417 e. The largest absolute Gasteiger partial charge is 0.472 e. The van der Waals surface area contributed by atoms with Crippen LogP contribution in [0.5, 0.6) is 5.88 Å². The molecule has 2 bridgehead atoms.